The summed E-state index contributed by atoms with van der Waals surface area (Å²) in [6, 6.07) is 0.374. The molecule has 1 N–H and O–H groups in total. The molecule has 0 unspecified atom stereocenters. The molecule has 1 saturated heterocycles. The highest BCUT2D eigenvalue weighted by Gasteiger charge is 2.23. The Balaban J connectivity index is 0.000001000. The number of rotatable bonds is 2. The lowest BCUT2D eigenvalue weighted by Gasteiger charge is -2.29. The van der Waals surface area contributed by atoms with Gasteiger partial charge >= 0.3 is 0 Å². The number of likely N-dealkylation sites (N-methyl/N-ethyl adjacent to an activating group) is 1. The van der Waals surface area contributed by atoms with E-state index in [9.17, 15) is 0 Å². The Hall–Kier alpha value is 0.170. The van der Waals surface area contributed by atoms with Crippen molar-refractivity contribution in [1.82, 2.24) is 5.32 Å². The van der Waals surface area contributed by atoms with E-state index in [4.69, 9.17) is 9.47 Å². The predicted octanol–water partition coefficient (Wildman–Crippen LogP) is 0.431. The first-order chi connectivity index (χ1) is 4.88. The van der Waals surface area contributed by atoms with E-state index in [2.05, 4.69) is 5.32 Å². The minimum Gasteiger partial charge on any atom is -0.380 e. The molecular formula is C7H16ClNO2. The summed E-state index contributed by atoms with van der Waals surface area (Å²) in [6.45, 7) is 1.60. The van der Waals surface area contributed by atoms with Crippen molar-refractivity contribution in [1.29, 1.82) is 0 Å². The molecule has 0 aliphatic carbocycles. The third-order valence-electron chi connectivity index (χ3n) is 1.97. The van der Waals surface area contributed by atoms with Crippen molar-refractivity contribution < 1.29 is 9.47 Å². The monoisotopic (exact) mass is 181 g/mol. The van der Waals surface area contributed by atoms with Crippen LogP contribution in [0.4, 0.5) is 0 Å². The maximum atomic E-state index is 5.26. The molecule has 0 spiro atoms. The Kier molecular flexibility index (Phi) is 5.86. The molecule has 1 aliphatic rings. The third-order valence-corrected chi connectivity index (χ3v) is 1.97. The standard InChI is InChI=1S/C7H15NO2.ClH/c1-8-6-5-10-4-3-7(6)9-2;/h6-8H,3-5H2,1-2H3;1H/t6-,7-;/m1./s1. The third kappa shape index (κ3) is 2.95. The van der Waals surface area contributed by atoms with Crippen LogP contribution in [-0.4, -0.2) is 39.5 Å². The summed E-state index contributed by atoms with van der Waals surface area (Å²) >= 11 is 0. The number of ether oxygens (including phenoxy) is 2. The van der Waals surface area contributed by atoms with Gasteiger partial charge in [0, 0.05) is 13.7 Å². The van der Waals surface area contributed by atoms with Crippen LogP contribution in [0.5, 0.6) is 0 Å². The average molecular weight is 182 g/mol. The summed E-state index contributed by atoms with van der Waals surface area (Å²) in [4.78, 5) is 0. The number of halogens is 1. The van der Waals surface area contributed by atoms with Crippen molar-refractivity contribution in [3.05, 3.63) is 0 Å². The Bertz CT molecular complexity index is 90.4. The molecule has 1 aliphatic heterocycles. The summed E-state index contributed by atoms with van der Waals surface area (Å²) in [7, 11) is 3.69. The van der Waals surface area contributed by atoms with Crippen LogP contribution in [0, 0.1) is 0 Å². The Morgan fingerprint density at radius 2 is 2.27 bits per heavy atom. The van der Waals surface area contributed by atoms with E-state index in [0.717, 1.165) is 19.6 Å². The molecule has 0 bridgehead atoms. The highest BCUT2D eigenvalue weighted by atomic mass is 35.5. The van der Waals surface area contributed by atoms with Crippen molar-refractivity contribution >= 4 is 12.4 Å². The second-order valence-corrected chi connectivity index (χ2v) is 2.53. The van der Waals surface area contributed by atoms with E-state index in [1.807, 2.05) is 7.05 Å². The first-order valence-electron chi connectivity index (χ1n) is 3.66. The molecule has 1 fully saturated rings. The molecule has 2 atom stereocenters. The summed E-state index contributed by atoms with van der Waals surface area (Å²) in [6.07, 6.45) is 1.33. The van der Waals surface area contributed by atoms with Crippen molar-refractivity contribution in [3.63, 3.8) is 0 Å². The van der Waals surface area contributed by atoms with E-state index < -0.39 is 0 Å². The molecule has 1 heterocycles. The summed E-state index contributed by atoms with van der Waals surface area (Å²) < 4.78 is 10.5. The van der Waals surface area contributed by atoms with Crippen LogP contribution in [0.1, 0.15) is 6.42 Å². The van der Waals surface area contributed by atoms with Gasteiger partial charge in [-0.05, 0) is 13.5 Å². The number of hydrogen-bond donors (Lipinski definition) is 1. The molecule has 4 heteroatoms. The Labute approximate surface area is 73.9 Å². The molecule has 0 radical (unpaired) electrons. The van der Waals surface area contributed by atoms with E-state index >= 15 is 0 Å². The molecule has 0 aromatic rings. The fraction of sp³-hybridized carbons (Fsp3) is 1.00. The van der Waals surface area contributed by atoms with Crippen molar-refractivity contribution in [2.45, 2.75) is 18.6 Å². The maximum absolute atomic E-state index is 5.26. The Morgan fingerprint density at radius 3 is 2.73 bits per heavy atom. The fourth-order valence-electron chi connectivity index (χ4n) is 1.27. The lowest BCUT2D eigenvalue weighted by molar-refractivity contribution is -0.0347. The van der Waals surface area contributed by atoms with Crippen LogP contribution >= 0.6 is 12.4 Å². The lowest BCUT2D eigenvalue weighted by atomic mass is 10.1. The van der Waals surface area contributed by atoms with Gasteiger partial charge in [0.25, 0.3) is 0 Å². The van der Waals surface area contributed by atoms with Gasteiger partial charge in [-0.25, -0.2) is 0 Å². The molecule has 0 aromatic carbocycles. The first-order valence-corrected chi connectivity index (χ1v) is 3.66. The topological polar surface area (TPSA) is 30.5 Å². The fourth-order valence-corrected chi connectivity index (χ4v) is 1.27. The maximum Gasteiger partial charge on any atom is 0.0768 e. The van der Waals surface area contributed by atoms with Gasteiger partial charge in [-0.2, -0.15) is 0 Å². The number of hydrogen-bond acceptors (Lipinski definition) is 3. The van der Waals surface area contributed by atoms with Gasteiger partial charge in [-0.1, -0.05) is 0 Å². The van der Waals surface area contributed by atoms with E-state index in [1.165, 1.54) is 0 Å². The molecule has 0 aromatic heterocycles. The molecule has 68 valence electrons. The van der Waals surface area contributed by atoms with Crippen LogP contribution < -0.4 is 5.32 Å². The van der Waals surface area contributed by atoms with Gasteiger partial charge in [-0.3, -0.25) is 0 Å². The zero-order valence-corrected chi connectivity index (χ0v) is 7.82. The van der Waals surface area contributed by atoms with Crippen molar-refractivity contribution in [3.8, 4) is 0 Å². The molecule has 11 heavy (non-hydrogen) atoms. The Morgan fingerprint density at radius 1 is 1.55 bits per heavy atom. The zero-order chi connectivity index (χ0) is 7.40. The van der Waals surface area contributed by atoms with E-state index in [-0.39, 0.29) is 12.4 Å². The highest BCUT2D eigenvalue weighted by molar-refractivity contribution is 5.85. The van der Waals surface area contributed by atoms with Crippen LogP contribution in [0.25, 0.3) is 0 Å². The van der Waals surface area contributed by atoms with Crippen LogP contribution in [0.3, 0.4) is 0 Å². The van der Waals surface area contributed by atoms with Crippen LogP contribution in [0.15, 0.2) is 0 Å². The number of nitrogens with one attached hydrogen (secondary N) is 1. The molecule has 0 saturated carbocycles. The first kappa shape index (κ1) is 11.2. The molecular weight excluding hydrogens is 166 g/mol. The smallest absolute Gasteiger partial charge is 0.0768 e. The summed E-state index contributed by atoms with van der Waals surface area (Å²) in [5, 5.41) is 3.15. The zero-order valence-electron chi connectivity index (χ0n) is 7.00. The number of methoxy groups -OCH3 is 1. The largest absolute Gasteiger partial charge is 0.380 e. The normalized spacial score (nSPS) is 31.1. The van der Waals surface area contributed by atoms with Gasteiger partial charge in [0.2, 0.25) is 0 Å². The van der Waals surface area contributed by atoms with Crippen molar-refractivity contribution in [2.24, 2.45) is 0 Å². The summed E-state index contributed by atoms with van der Waals surface area (Å²) in [5.74, 6) is 0. The SMILES string of the molecule is CN[C@@H]1COCC[C@H]1OC.Cl. The van der Waals surface area contributed by atoms with E-state index in [0.29, 0.717) is 12.1 Å². The van der Waals surface area contributed by atoms with Gasteiger partial charge < -0.3 is 14.8 Å². The predicted molar refractivity (Wildman–Crippen MR) is 46.3 cm³/mol. The minimum atomic E-state index is 0. The van der Waals surface area contributed by atoms with Gasteiger partial charge in [0.15, 0.2) is 0 Å². The van der Waals surface area contributed by atoms with Gasteiger partial charge in [-0.15, -0.1) is 12.4 Å². The second kappa shape index (κ2) is 5.77. The minimum absolute atomic E-state index is 0. The van der Waals surface area contributed by atoms with Crippen molar-refractivity contribution in [2.75, 3.05) is 27.4 Å². The van der Waals surface area contributed by atoms with E-state index in [1.54, 1.807) is 7.11 Å². The molecule has 0 amide bonds. The highest BCUT2D eigenvalue weighted by Crippen LogP contribution is 2.09. The molecule has 3 nitrogen and oxygen atoms in total. The van der Waals surface area contributed by atoms with Gasteiger partial charge in [0.05, 0.1) is 18.8 Å². The molecule has 1 rings (SSSR count). The van der Waals surface area contributed by atoms with Crippen LogP contribution in [-0.2, 0) is 9.47 Å². The second-order valence-electron chi connectivity index (χ2n) is 2.53. The summed E-state index contributed by atoms with van der Waals surface area (Å²) in [5.41, 5.74) is 0. The van der Waals surface area contributed by atoms with Gasteiger partial charge in [0.1, 0.15) is 0 Å². The quantitative estimate of drug-likeness (QED) is 0.671. The lowest BCUT2D eigenvalue weighted by Crippen LogP contribution is -2.46. The average Bonchev–Trinajstić information content (AvgIpc) is 2.04. The van der Waals surface area contributed by atoms with Crippen LogP contribution in [0.2, 0.25) is 0 Å².